The van der Waals surface area contributed by atoms with Crippen LogP contribution >= 0.6 is 22.6 Å². The second kappa shape index (κ2) is 5.35. The van der Waals surface area contributed by atoms with Crippen molar-refractivity contribution in [2.45, 2.75) is 6.42 Å². The van der Waals surface area contributed by atoms with Gasteiger partial charge in [-0.2, -0.15) is 0 Å². The van der Waals surface area contributed by atoms with E-state index < -0.39 is 5.82 Å². The molecule has 0 aliphatic rings. The first-order chi connectivity index (χ1) is 8.16. The van der Waals surface area contributed by atoms with Crippen LogP contribution in [0.25, 0.3) is 0 Å². The summed E-state index contributed by atoms with van der Waals surface area (Å²) < 4.78 is 14.4. The van der Waals surface area contributed by atoms with Crippen LogP contribution in [-0.2, 0) is 6.42 Å². The molecule has 86 valence electrons. The van der Waals surface area contributed by atoms with Crippen LogP contribution in [0.1, 0.15) is 16.1 Å². The number of hydrogen-bond donors (Lipinski definition) is 0. The number of hydrogen-bond acceptors (Lipinski definition) is 2. The number of ketones is 1. The Labute approximate surface area is 112 Å². The summed E-state index contributed by atoms with van der Waals surface area (Å²) in [7, 11) is 0. The predicted octanol–water partition coefficient (Wildman–Crippen LogP) is 3.25. The number of aromatic nitrogens is 1. The molecule has 0 bridgehead atoms. The number of rotatable bonds is 3. The van der Waals surface area contributed by atoms with Gasteiger partial charge in [0.1, 0.15) is 5.69 Å². The molecule has 0 atom stereocenters. The monoisotopic (exact) mass is 341 g/mol. The van der Waals surface area contributed by atoms with Crippen LogP contribution in [0.2, 0.25) is 0 Å². The molecule has 0 radical (unpaired) electrons. The van der Waals surface area contributed by atoms with Gasteiger partial charge in [0.05, 0.1) is 0 Å². The number of pyridine rings is 1. The van der Waals surface area contributed by atoms with E-state index in [9.17, 15) is 9.18 Å². The quantitative estimate of drug-likeness (QED) is 0.634. The zero-order chi connectivity index (χ0) is 12.3. The summed E-state index contributed by atoms with van der Waals surface area (Å²) in [6.45, 7) is 0. The molecular formula is C13H9FINO. The van der Waals surface area contributed by atoms with Gasteiger partial charge in [-0.3, -0.25) is 9.78 Å². The highest BCUT2D eigenvalue weighted by molar-refractivity contribution is 14.1. The molecule has 1 aromatic carbocycles. The van der Waals surface area contributed by atoms with E-state index >= 15 is 0 Å². The number of halogens is 2. The van der Waals surface area contributed by atoms with Crippen LogP contribution in [0.3, 0.4) is 0 Å². The standard InChI is InChI=1S/C13H9FINO/c14-11-2-1-7-16-13(11)12(17)8-9-3-5-10(15)6-4-9/h1-7H,8H2. The zero-order valence-corrected chi connectivity index (χ0v) is 11.0. The normalized spacial score (nSPS) is 10.2. The average molecular weight is 341 g/mol. The third kappa shape index (κ3) is 3.09. The minimum absolute atomic E-state index is 0.0916. The third-order valence-corrected chi connectivity index (χ3v) is 3.02. The number of nitrogens with zero attached hydrogens (tertiary/aromatic N) is 1. The molecule has 4 heteroatoms. The lowest BCUT2D eigenvalue weighted by atomic mass is 10.1. The average Bonchev–Trinajstić information content (AvgIpc) is 2.32. The first-order valence-corrected chi connectivity index (χ1v) is 6.13. The van der Waals surface area contributed by atoms with Crippen molar-refractivity contribution in [1.82, 2.24) is 4.98 Å². The fourth-order valence-corrected chi connectivity index (χ4v) is 1.82. The molecule has 1 heterocycles. The van der Waals surface area contributed by atoms with Crippen molar-refractivity contribution in [3.8, 4) is 0 Å². The van der Waals surface area contributed by atoms with Gasteiger partial charge >= 0.3 is 0 Å². The van der Waals surface area contributed by atoms with Gasteiger partial charge in [0, 0.05) is 16.2 Å². The Morgan fingerprint density at radius 3 is 2.59 bits per heavy atom. The lowest BCUT2D eigenvalue weighted by Crippen LogP contribution is -2.08. The fraction of sp³-hybridized carbons (Fsp3) is 0.0769. The van der Waals surface area contributed by atoms with Crippen molar-refractivity contribution in [2.24, 2.45) is 0 Å². The summed E-state index contributed by atoms with van der Waals surface area (Å²) in [4.78, 5) is 15.6. The van der Waals surface area contributed by atoms with Crippen LogP contribution < -0.4 is 0 Å². The van der Waals surface area contributed by atoms with Gasteiger partial charge in [0.25, 0.3) is 0 Å². The highest BCUT2D eigenvalue weighted by Gasteiger charge is 2.12. The Bertz CT molecular complexity index is 539. The van der Waals surface area contributed by atoms with Crippen LogP contribution in [0.5, 0.6) is 0 Å². The van der Waals surface area contributed by atoms with Crippen LogP contribution in [-0.4, -0.2) is 10.8 Å². The topological polar surface area (TPSA) is 30.0 Å². The van der Waals surface area contributed by atoms with Gasteiger partial charge in [-0.25, -0.2) is 4.39 Å². The summed E-state index contributed by atoms with van der Waals surface area (Å²) in [5.41, 5.74) is 0.770. The molecular weight excluding hydrogens is 332 g/mol. The predicted molar refractivity (Wildman–Crippen MR) is 71.4 cm³/mol. The van der Waals surface area contributed by atoms with Crippen LogP contribution in [0.15, 0.2) is 42.6 Å². The summed E-state index contributed by atoms with van der Waals surface area (Å²) in [6, 6.07) is 10.3. The molecule has 0 amide bonds. The van der Waals surface area contributed by atoms with Crippen LogP contribution in [0.4, 0.5) is 4.39 Å². The Morgan fingerprint density at radius 2 is 1.94 bits per heavy atom. The minimum atomic E-state index is -0.567. The van der Waals surface area contributed by atoms with E-state index in [1.54, 1.807) is 0 Å². The van der Waals surface area contributed by atoms with E-state index in [-0.39, 0.29) is 17.9 Å². The molecule has 0 aliphatic carbocycles. The Balaban J connectivity index is 2.17. The number of carbonyl (C=O) groups is 1. The first-order valence-electron chi connectivity index (χ1n) is 5.05. The number of Topliss-reactive ketones (excluding diaryl/α,β-unsaturated/α-hetero) is 1. The lowest BCUT2D eigenvalue weighted by molar-refractivity contribution is 0.0984. The molecule has 0 aliphatic heterocycles. The van der Waals surface area contributed by atoms with Gasteiger partial charge in [-0.15, -0.1) is 0 Å². The summed E-state index contributed by atoms with van der Waals surface area (Å²) in [6.07, 6.45) is 1.59. The fourth-order valence-electron chi connectivity index (χ4n) is 1.46. The molecule has 1 aromatic heterocycles. The van der Waals surface area contributed by atoms with Gasteiger partial charge in [-0.05, 0) is 52.4 Å². The Kier molecular flexibility index (Phi) is 3.83. The second-order valence-corrected chi connectivity index (χ2v) is 4.81. The van der Waals surface area contributed by atoms with Crippen molar-refractivity contribution >= 4 is 28.4 Å². The van der Waals surface area contributed by atoms with Crippen LogP contribution in [0, 0.1) is 9.39 Å². The van der Waals surface area contributed by atoms with E-state index in [1.165, 1.54) is 18.3 Å². The molecule has 0 unspecified atom stereocenters. The second-order valence-electron chi connectivity index (χ2n) is 3.56. The van der Waals surface area contributed by atoms with Gasteiger partial charge in [0.2, 0.25) is 0 Å². The maximum absolute atomic E-state index is 13.3. The van der Waals surface area contributed by atoms with Crippen molar-refractivity contribution in [3.63, 3.8) is 0 Å². The lowest BCUT2D eigenvalue weighted by Gasteiger charge is -2.02. The first kappa shape index (κ1) is 12.2. The summed E-state index contributed by atoms with van der Waals surface area (Å²) in [5, 5.41) is 0. The molecule has 17 heavy (non-hydrogen) atoms. The molecule has 2 aromatic rings. The molecule has 0 N–H and O–H groups in total. The number of carbonyl (C=O) groups excluding carboxylic acids is 1. The maximum atomic E-state index is 13.3. The maximum Gasteiger partial charge on any atom is 0.188 e. The van der Waals surface area contributed by atoms with Crippen molar-refractivity contribution in [2.75, 3.05) is 0 Å². The van der Waals surface area contributed by atoms with Gasteiger partial charge in [-0.1, -0.05) is 12.1 Å². The van der Waals surface area contributed by atoms with Crippen molar-refractivity contribution < 1.29 is 9.18 Å². The van der Waals surface area contributed by atoms with Gasteiger partial charge in [0.15, 0.2) is 11.6 Å². The van der Waals surface area contributed by atoms with E-state index in [1.807, 2.05) is 24.3 Å². The van der Waals surface area contributed by atoms with E-state index in [4.69, 9.17) is 0 Å². The largest absolute Gasteiger partial charge is 0.292 e. The van der Waals surface area contributed by atoms with Gasteiger partial charge < -0.3 is 0 Å². The SMILES string of the molecule is O=C(Cc1ccc(I)cc1)c1ncccc1F. The number of benzene rings is 1. The van der Waals surface area contributed by atoms with E-state index in [0.29, 0.717) is 0 Å². The Morgan fingerprint density at radius 1 is 1.24 bits per heavy atom. The summed E-state index contributed by atoms with van der Waals surface area (Å²) in [5.74, 6) is -0.868. The zero-order valence-electron chi connectivity index (χ0n) is 8.86. The summed E-state index contributed by atoms with van der Waals surface area (Å²) >= 11 is 2.19. The highest BCUT2D eigenvalue weighted by Crippen LogP contribution is 2.11. The van der Waals surface area contributed by atoms with E-state index in [0.717, 1.165) is 9.13 Å². The smallest absolute Gasteiger partial charge is 0.188 e. The molecule has 0 saturated heterocycles. The minimum Gasteiger partial charge on any atom is -0.292 e. The van der Waals surface area contributed by atoms with E-state index in [2.05, 4.69) is 27.6 Å². The van der Waals surface area contributed by atoms with Crippen molar-refractivity contribution in [1.29, 1.82) is 0 Å². The molecule has 2 nitrogen and oxygen atoms in total. The highest BCUT2D eigenvalue weighted by atomic mass is 127. The third-order valence-electron chi connectivity index (χ3n) is 2.30. The molecule has 0 fully saturated rings. The molecule has 0 spiro atoms. The Hall–Kier alpha value is -1.30. The molecule has 2 rings (SSSR count). The molecule has 0 saturated carbocycles. The van der Waals surface area contributed by atoms with Crippen molar-refractivity contribution in [3.05, 3.63) is 63.2 Å².